The predicted octanol–water partition coefficient (Wildman–Crippen LogP) is 1.38. The summed E-state index contributed by atoms with van der Waals surface area (Å²) in [5.41, 5.74) is 3.25. The number of ether oxygens (including phenoxy) is 1. The summed E-state index contributed by atoms with van der Waals surface area (Å²) in [4.78, 5) is 22.1. The number of hydrogen-bond acceptors (Lipinski definition) is 3. The highest BCUT2D eigenvalue weighted by Crippen LogP contribution is 2.25. The number of carbonyl (C=O) groups is 2. The first kappa shape index (κ1) is 16.8. The van der Waals surface area contributed by atoms with Crippen LogP contribution in [0.15, 0.2) is 12.1 Å². The fraction of sp³-hybridized carbons (Fsp3) is 0.467. The second-order valence-corrected chi connectivity index (χ2v) is 4.86. The fourth-order valence-corrected chi connectivity index (χ4v) is 1.80. The molecule has 1 aromatic rings. The first-order valence-corrected chi connectivity index (χ1v) is 6.87. The van der Waals surface area contributed by atoms with Gasteiger partial charge in [0.1, 0.15) is 5.75 Å². The largest absolute Gasteiger partial charge is 0.473 e. The summed E-state index contributed by atoms with van der Waals surface area (Å²) in [7, 11) is 0. The summed E-state index contributed by atoms with van der Waals surface area (Å²) in [6.07, 6.45) is 0. The predicted molar refractivity (Wildman–Crippen MR) is 81.4 cm³/mol. The molecule has 0 heterocycles. The Morgan fingerprint density at radius 3 is 2.29 bits per heavy atom. The lowest BCUT2D eigenvalue weighted by Gasteiger charge is -2.14. The fourth-order valence-electron chi connectivity index (χ4n) is 1.80. The van der Waals surface area contributed by atoms with E-state index in [1.165, 1.54) is 6.92 Å². The molecule has 3 amide bonds. The molecule has 0 unspecified atom stereocenters. The van der Waals surface area contributed by atoms with Crippen molar-refractivity contribution in [3.8, 4) is 5.75 Å². The highest BCUT2D eigenvalue weighted by Gasteiger charge is 2.07. The number of urea groups is 1. The summed E-state index contributed by atoms with van der Waals surface area (Å²) in [5.74, 6) is 0.680. The first-order chi connectivity index (χ1) is 9.91. The van der Waals surface area contributed by atoms with Crippen LogP contribution in [0, 0.1) is 20.8 Å². The molecule has 0 atom stereocenters. The first-order valence-electron chi connectivity index (χ1n) is 6.87. The molecule has 0 spiro atoms. The normalized spacial score (nSPS) is 9.90. The van der Waals surface area contributed by atoms with Crippen LogP contribution in [0.2, 0.25) is 0 Å². The Kier molecular flexibility index (Phi) is 6.52. The number of carbonyl (C=O) groups excluding carboxylic acids is 2. The molecule has 6 heteroatoms. The second kappa shape index (κ2) is 8.14. The minimum absolute atomic E-state index is 0.0943. The average molecular weight is 293 g/mol. The summed E-state index contributed by atoms with van der Waals surface area (Å²) in [6, 6.07) is 3.70. The van der Waals surface area contributed by atoms with Gasteiger partial charge in [-0.1, -0.05) is 12.1 Å². The van der Waals surface area contributed by atoms with Crippen LogP contribution in [0.5, 0.6) is 5.75 Å². The molecule has 0 saturated heterocycles. The van der Waals surface area contributed by atoms with Crippen LogP contribution in [0.3, 0.4) is 0 Å². The van der Waals surface area contributed by atoms with E-state index in [1.54, 1.807) is 0 Å². The van der Waals surface area contributed by atoms with Gasteiger partial charge in [0, 0.05) is 20.0 Å². The Morgan fingerprint density at radius 2 is 1.62 bits per heavy atom. The Balaban J connectivity index is 2.32. The highest BCUT2D eigenvalue weighted by molar-refractivity contribution is 5.74. The molecule has 1 rings (SSSR count). The smallest absolute Gasteiger partial charge is 0.317 e. The lowest BCUT2D eigenvalue weighted by molar-refractivity contribution is -0.118. The minimum atomic E-state index is -0.330. The van der Waals surface area contributed by atoms with E-state index in [0.717, 1.165) is 22.4 Å². The van der Waals surface area contributed by atoms with Crippen molar-refractivity contribution in [1.29, 1.82) is 0 Å². The van der Waals surface area contributed by atoms with Crippen molar-refractivity contribution in [2.24, 2.45) is 0 Å². The molecule has 116 valence electrons. The Morgan fingerprint density at radius 1 is 1.00 bits per heavy atom. The summed E-state index contributed by atoms with van der Waals surface area (Å²) in [6.45, 7) is 8.27. The molecule has 0 bridgehead atoms. The van der Waals surface area contributed by atoms with Gasteiger partial charge in [0.25, 0.3) is 0 Å². The zero-order valence-electron chi connectivity index (χ0n) is 13.0. The maximum absolute atomic E-state index is 11.5. The van der Waals surface area contributed by atoms with Gasteiger partial charge in [-0.05, 0) is 37.5 Å². The van der Waals surface area contributed by atoms with Crippen LogP contribution in [-0.4, -0.2) is 31.8 Å². The zero-order valence-corrected chi connectivity index (χ0v) is 13.0. The van der Waals surface area contributed by atoms with E-state index in [0.29, 0.717) is 13.1 Å². The summed E-state index contributed by atoms with van der Waals surface area (Å²) >= 11 is 0. The molecule has 0 aliphatic carbocycles. The molecule has 6 nitrogen and oxygen atoms in total. The lowest BCUT2D eigenvalue weighted by atomic mass is 10.1. The molecule has 0 aliphatic heterocycles. The van der Waals surface area contributed by atoms with Crippen molar-refractivity contribution >= 4 is 11.9 Å². The van der Waals surface area contributed by atoms with Crippen LogP contribution >= 0.6 is 0 Å². The van der Waals surface area contributed by atoms with Crippen LogP contribution in [-0.2, 0) is 4.79 Å². The van der Waals surface area contributed by atoms with Crippen molar-refractivity contribution in [3.63, 3.8) is 0 Å². The molecule has 0 radical (unpaired) electrons. The van der Waals surface area contributed by atoms with Crippen molar-refractivity contribution in [2.45, 2.75) is 27.7 Å². The van der Waals surface area contributed by atoms with Gasteiger partial charge in [0.2, 0.25) is 5.91 Å². The van der Waals surface area contributed by atoms with Gasteiger partial charge in [-0.25, -0.2) is 4.79 Å². The quantitative estimate of drug-likeness (QED) is 0.547. The van der Waals surface area contributed by atoms with Gasteiger partial charge < -0.3 is 20.7 Å². The molecule has 1 aromatic carbocycles. The van der Waals surface area contributed by atoms with Gasteiger partial charge >= 0.3 is 6.03 Å². The van der Waals surface area contributed by atoms with E-state index in [9.17, 15) is 9.59 Å². The molecule has 0 aliphatic rings. The third-order valence-corrected chi connectivity index (χ3v) is 3.11. The topological polar surface area (TPSA) is 79.5 Å². The van der Waals surface area contributed by atoms with Crippen molar-refractivity contribution in [2.75, 3.05) is 19.8 Å². The van der Waals surface area contributed by atoms with Crippen LogP contribution in [0.1, 0.15) is 23.6 Å². The third-order valence-electron chi connectivity index (χ3n) is 3.11. The maximum Gasteiger partial charge on any atom is 0.317 e. The maximum atomic E-state index is 11.5. The average Bonchev–Trinajstić information content (AvgIpc) is 2.43. The second-order valence-electron chi connectivity index (χ2n) is 4.86. The standard InChI is InChI=1S/C15H23N3O3/c1-10-5-6-11(2)14(12(10)3)21-9-18-15(20)17-8-7-16-13(4)19/h5-6H,7-9H2,1-4H3,(H,16,19)(H2,17,18,20). The number of benzene rings is 1. The number of nitrogens with one attached hydrogen (secondary N) is 3. The van der Waals surface area contributed by atoms with Crippen LogP contribution in [0.4, 0.5) is 4.79 Å². The van der Waals surface area contributed by atoms with Gasteiger partial charge in [-0.3, -0.25) is 4.79 Å². The third kappa shape index (κ3) is 5.72. The van der Waals surface area contributed by atoms with E-state index >= 15 is 0 Å². The van der Waals surface area contributed by atoms with Crippen molar-refractivity contribution in [3.05, 3.63) is 28.8 Å². The Bertz CT molecular complexity index is 515. The van der Waals surface area contributed by atoms with Crippen LogP contribution < -0.4 is 20.7 Å². The van der Waals surface area contributed by atoms with E-state index in [2.05, 4.69) is 16.0 Å². The Hall–Kier alpha value is -2.24. The summed E-state index contributed by atoms with van der Waals surface area (Å²) in [5, 5.41) is 7.82. The van der Waals surface area contributed by atoms with Crippen molar-refractivity contribution in [1.82, 2.24) is 16.0 Å². The van der Waals surface area contributed by atoms with E-state index in [-0.39, 0.29) is 18.7 Å². The highest BCUT2D eigenvalue weighted by atomic mass is 16.5. The summed E-state index contributed by atoms with van der Waals surface area (Å²) < 4.78 is 5.62. The number of amides is 3. The number of aryl methyl sites for hydroxylation is 2. The van der Waals surface area contributed by atoms with Crippen molar-refractivity contribution < 1.29 is 14.3 Å². The molecular weight excluding hydrogens is 270 g/mol. The monoisotopic (exact) mass is 293 g/mol. The Labute approximate surface area is 125 Å². The minimum Gasteiger partial charge on any atom is -0.473 e. The molecule has 0 aromatic heterocycles. The molecule has 3 N–H and O–H groups in total. The number of rotatable bonds is 6. The van der Waals surface area contributed by atoms with Gasteiger partial charge in [0.15, 0.2) is 6.73 Å². The van der Waals surface area contributed by atoms with Gasteiger partial charge in [-0.2, -0.15) is 0 Å². The molecular formula is C15H23N3O3. The SMILES string of the molecule is CC(=O)NCCNC(=O)NCOc1c(C)ccc(C)c1C. The van der Waals surface area contributed by atoms with Gasteiger partial charge in [0.05, 0.1) is 0 Å². The van der Waals surface area contributed by atoms with E-state index in [4.69, 9.17) is 4.74 Å². The lowest BCUT2D eigenvalue weighted by Crippen LogP contribution is -2.41. The number of hydrogen-bond donors (Lipinski definition) is 3. The molecule has 0 fully saturated rings. The van der Waals surface area contributed by atoms with Gasteiger partial charge in [-0.15, -0.1) is 0 Å². The van der Waals surface area contributed by atoms with E-state index < -0.39 is 0 Å². The van der Waals surface area contributed by atoms with E-state index in [1.807, 2.05) is 32.9 Å². The molecule has 0 saturated carbocycles. The van der Waals surface area contributed by atoms with Crippen LogP contribution in [0.25, 0.3) is 0 Å². The zero-order chi connectivity index (χ0) is 15.8. The molecule has 21 heavy (non-hydrogen) atoms.